The maximum Gasteiger partial charge on any atom is 0.157 e. The van der Waals surface area contributed by atoms with Gasteiger partial charge < -0.3 is 25.5 Å². The normalized spacial score (nSPS) is 32.2. The van der Waals surface area contributed by atoms with Crippen molar-refractivity contribution in [2.75, 3.05) is 0 Å². The van der Waals surface area contributed by atoms with E-state index in [1.165, 1.54) is 0 Å². The van der Waals surface area contributed by atoms with Crippen LogP contribution in [-0.4, -0.2) is 49.3 Å². The third-order valence-corrected chi connectivity index (χ3v) is 9.25. The second-order valence-corrected chi connectivity index (χ2v) is 12.4. The summed E-state index contributed by atoms with van der Waals surface area (Å²) in [5.74, 6) is -2.10. The van der Waals surface area contributed by atoms with E-state index in [1.807, 2.05) is 34.6 Å². The van der Waals surface area contributed by atoms with Crippen LogP contribution in [-0.2, 0) is 0 Å². The summed E-state index contributed by atoms with van der Waals surface area (Å²) in [6.07, 6.45) is 4.53. The SMILES string of the molecule is CC(C)C[C@H](c1c(O)c(C=O)c(O)c(C=O)c1O)[C@@H]1CC[C@](C)(O)[C@@H]2C[C@H](C(C)(C)O)CC[C@]21C. The molecular weight excluding hydrogens is 448 g/mol. The molecular formula is C28H42O7. The number of phenolic OH excluding ortho intramolecular Hbond substituents is 3. The van der Waals surface area contributed by atoms with Gasteiger partial charge in [-0.05, 0) is 94.3 Å². The highest BCUT2D eigenvalue weighted by Crippen LogP contribution is 2.64. The molecule has 0 heterocycles. The van der Waals surface area contributed by atoms with Crippen LogP contribution in [0.3, 0.4) is 0 Å². The molecule has 0 spiro atoms. The number of fused-ring (bicyclic) bond motifs is 1. The Kier molecular flexibility index (Phi) is 7.37. The molecule has 2 aliphatic rings. The second-order valence-electron chi connectivity index (χ2n) is 12.4. The molecule has 3 rings (SSSR count). The number of hydrogen-bond acceptors (Lipinski definition) is 7. The summed E-state index contributed by atoms with van der Waals surface area (Å²) >= 11 is 0. The largest absolute Gasteiger partial charge is 0.507 e. The molecule has 7 nitrogen and oxygen atoms in total. The van der Waals surface area contributed by atoms with E-state index in [0.29, 0.717) is 38.3 Å². The summed E-state index contributed by atoms with van der Waals surface area (Å²) in [4.78, 5) is 23.5. The Balaban J connectivity index is 2.20. The van der Waals surface area contributed by atoms with Gasteiger partial charge in [-0.1, -0.05) is 20.8 Å². The number of aldehydes is 2. The zero-order valence-electron chi connectivity index (χ0n) is 21.8. The number of phenols is 3. The first-order valence-corrected chi connectivity index (χ1v) is 12.8. The van der Waals surface area contributed by atoms with Gasteiger partial charge in [-0.3, -0.25) is 9.59 Å². The molecule has 6 atom stereocenters. The van der Waals surface area contributed by atoms with Crippen LogP contribution in [0.2, 0.25) is 0 Å². The van der Waals surface area contributed by atoms with Crippen LogP contribution >= 0.6 is 0 Å². The van der Waals surface area contributed by atoms with Crippen molar-refractivity contribution in [1.82, 2.24) is 0 Å². The average Bonchev–Trinajstić information content (AvgIpc) is 2.72. The Morgan fingerprint density at radius 3 is 1.97 bits per heavy atom. The number of hydrogen-bond donors (Lipinski definition) is 5. The number of rotatable bonds is 7. The van der Waals surface area contributed by atoms with Gasteiger partial charge in [-0.25, -0.2) is 0 Å². The fourth-order valence-corrected chi connectivity index (χ4v) is 7.33. The molecule has 0 aromatic heterocycles. The molecule has 1 aromatic carbocycles. The monoisotopic (exact) mass is 490 g/mol. The lowest BCUT2D eigenvalue weighted by Crippen LogP contribution is -2.57. The van der Waals surface area contributed by atoms with Crippen molar-refractivity contribution < 1.29 is 35.1 Å². The van der Waals surface area contributed by atoms with E-state index < -0.39 is 45.5 Å². The Labute approximate surface area is 208 Å². The highest BCUT2D eigenvalue weighted by Gasteiger charge is 2.58. The minimum atomic E-state index is -0.932. The van der Waals surface area contributed by atoms with E-state index in [-0.39, 0.29) is 34.7 Å². The lowest BCUT2D eigenvalue weighted by atomic mass is 9.46. The van der Waals surface area contributed by atoms with Crippen molar-refractivity contribution in [2.45, 2.75) is 97.2 Å². The molecule has 2 aliphatic carbocycles. The summed E-state index contributed by atoms with van der Waals surface area (Å²) in [6, 6.07) is 0. The van der Waals surface area contributed by atoms with E-state index in [0.717, 1.165) is 12.8 Å². The van der Waals surface area contributed by atoms with E-state index in [9.17, 15) is 35.1 Å². The standard InChI is InChI=1S/C28H42O7/c1-15(2)11-17(22-24(32)18(13-29)23(31)19(14-30)25(22)33)20-8-10-28(6,35)21-12-16(26(3,4)34)7-9-27(20,21)5/h13-17,20-21,31-35H,7-12H2,1-6H3/t16-,17+,20+,21-,27+,28+/m1/s1. The van der Waals surface area contributed by atoms with E-state index >= 15 is 0 Å². The van der Waals surface area contributed by atoms with Crippen LogP contribution in [0.5, 0.6) is 17.2 Å². The van der Waals surface area contributed by atoms with Gasteiger partial charge in [-0.15, -0.1) is 0 Å². The first-order chi connectivity index (χ1) is 16.1. The molecule has 0 unspecified atom stereocenters. The van der Waals surface area contributed by atoms with Crippen molar-refractivity contribution >= 4 is 12.6 Å². The molecule has 2 fully saturated rings. The molecule has 196 valence electrons. The molecule has 0 radical (unpaired) electrons. The number of carbonyl (C=O) groups excluding carboxylic acids is 2. The molecule has 0 bridgehead atoms. The van der Waals surface area contributed by atoms with Gasteiger partial charge in [0.1, 0.15) is 17.2 Å². The molecule has 0 saturated heterocycles. The quantitative estimate of drug-likeness (QED) is 0.343. The maximum absolute atomic E-state index is 11.7. The number of aliphatic hydroxyl groups is 2. The van der Waals surface area contributed by atoms with Crippen LogP contribution in [0, 0.1) is 29.1 Å². The smallest absolute Gasteiger partial charge is 0.157 e. The fourth-order valence-electron chi connectivity index (χ4n) is 7.33. The van der Waals surface area contributed by atoms with E-state index in [1.54, 1.807) is 0 Å². The van der Waals surface area contributed by atoms with Crippen LogP contribution in [0.15, 0.2) is 0 Å². The van der Waals surface area contributed by atoms with Crippen molar-refractivity contribution in [3.05, 3.63) is 16.7 Å². The van der Waals surface area contributed by atoms with Crippen LogP contribution < -0.4 is 0 Å². The zero-order chi connectivity index (χ0) is 26.5. The lowest BCUT2D eigenvalue weighted by Gasteiger charge is -2.60. The minimum Gasteiger partial charge on any atom is -0.507 e. The highest BCUT2D eigenvalue weighted by molar-refractivity contribution is 5.95. The van der Waals surface area contributed by atoms with Gasteiger partial charge in [0.15, 0.2) is 12.6 Å². The molecule has 0 aliphatic heterocycles. The number of carbonyl (C=O) groups is 2. The van der Waals surface area contributed by atoms with Crippen molar-refractivity contribution in [2.24, 2.45) is 29.1 Å². The fraction of sp³-hybridized carbons (Fsp3) is 0.714. The summed E-state index contributed by atoms with van der Waals surface area (Å²) < 4.78 is 0. The van der Waals surface area contributed by atoms with Crippen molar-refractivity contribution in [1.29, 1.82) is 0 Å². The summed E-state index contributed by atoms with van der Waals surface area (Å²) in [5.41, 5.74) is -2.85. The summed E-state index contributed by atoms with van der Waals surface area (Å²) in [5, 5.41) is 54.7. The second kappa shape index (κ2) is 9.40. The van der Waals surface area contributed by atoms with Gasteiger partial charge >= 0.3 is 0 Å². The van der Waals surface area contributed by atoms with Crippen molar-refractivity contribution in [3.8, 4) is 17.2 Å². The minimum absolute atomic E-state index is 0.0353. The Morgan fingerprint density at radius 1 is 0.971 bits per heavy atom. The molecule has 0 amide bonds. The van der Waals surface area contributed by atoms with Crippen molar-refractivity contribution in [3.63, 3.8) is 0 Å². The Hall–Kier alpha value is -2.12. The third-order valence-electron chi connectivity index (χ3n) is 9.25. The van der Waals surface area contributed by atoms with E-state index in [2.05, 4.69) is 6.92 Å². The number of benzene rings is 1. The first kappa shape index (κ1) is 27.5. The topological polar surface area (TPSA) is 135 Å². The average molecular weight is 491 g/mol. The predicted molar refractivity (Wildman–Crippen MR) is 133 cm³/mol. The predicted octanol–water partition coefficient (Wildman–Crippen LogP) is 4.91. The Morgan fingerprint density at radius 2 is 1.51 bits per heavy atom. The van der Waals surface area contributed by atoms with Gasteiger partial charge in [0.2, 0.25) is 0 Å². The first-order valence-electron chi connectivity index (χ1n) is 12.8. The maximum atomic E-state index is 11.7. The highest BCUT2D eigenvalue weighted by atomic mass is 16.3. The van der Waals surface area contributed by atoms with Gasteiger partial charge in [-0.2, -0.15) is 0 Å². The Bertz CT molecular complexity index is 939. The molecule has 2 saturated carbocycles. The van der Waals surface area contributed by atoms with Gasteiger partial charge in [0, 0.05) is 5.56 Å². The summed E-state index contributed by atoms with van der Waals surface area (Å²) in [6.45, 7) is 11.7. The molecule has 1 aromatic rings. The molecule has 5 N–H and O–H groups in total. The van der Waals surface area contributed by atoms with E-state index in [4.69, 9.17) is 0 Å². The number of aromatic hydroxyl groups is 3. The van der Waals surface area contributed by atoms with Crippen LogP contribution in [0.1, 0.15) is 112 Å². The molecule has 35 heavy (non-hydrogen) atoms. The summed E-state index contributed by atoms with van der Waals surface area (Å²) in [7, 11) is 0. The van der Waals surface area contributed by atoms with Crippen LogP contribution in [0.25, 0.3) is 0 Å². The zero-order valence-corrected chi connectivity index (χ0v) is 21.8. The molecule has 7 heteroatoms. The van der Waals surface area contributed by atoms with Crippen LogP contribution in [0.4, 0.5) is 0 Å². The van der Waals surface area contributed by atoms with Gasteiger partial charge in [0.25, 0.3) is 0 Å². The lowest BCUT2D eigenvalue weighted by molar-refractivity contribution is -0.171. The third kappa shape index (κ3) is 4.69. The van der Waals surface area contributed by atoms with Gasteiger partial charge in [0.05, 0.1) is 22.3 Å².